The molecule has 3 aliphatic rings. The third kappa shape index (κ3) is 26.6. The van der Waals surface area contributed by atoms with E-state index >= 15 is 13.2 Å². The molecular formula is C103H105ClF3N13O9. The molecule has 664 valence electrons. The summed E-state index contributed by atoms with van der Waals surface area (Å²) in [5, 5.41) is 50.9. The van der Waals surface area contributed by atoms with Crippen molar-refractivity contribution in [1.82, 2.24) is 45.3 Å². The zero-order valence-electron chi connectivity index (χ0n) is 73.7. The van der Waals surface area contributed by atoms with Crippen molar-refractivity contribution in [3.63, 3.8) is 0 Å². The van der Waals surface area contributed by atoms with Crippen molar-refractivity contribution in [2.75, 3.05) is 19.8 Å². The summed E-state index contributed by atoms with van der Waals surface area (Å²) in [6.45, 7) is 19.0. The van der Waals surface area contributed by atoms with E-state index in [0.717, 1.165) is 82.4 Å². The normalized spacial score (nSPS) is 13.5. The lowest BCUT2D eigenvalue weighted by Gasteiger charge is -2.21. The van der Waals surface area contributed by atoms with Crippen molar-refractivity contribution in [2.45, 2.75) is 169 Å². The molecule has 5 N–H and O–H groups in total. The second-order valence-electron chi connectivity index (χ2n) is 34.8. The van der Waals surface area contributed by atoms with Gasteiger partial charge < -0.3 is 40.6 Å². The molecule has 129 heavy (non-hydrogen) atoms. The zero-order valence-corrected chi connectivity index (χ0v) is 74.5. The van der Waals surface area contributed by atoms with E-state index in [1.165, 1.54) is 31.0 Å². The first-order valence-corrected chi connectivity index (χ1v) is 43.0. The van der Waals surface area contributed by atoms with Crippen LogP contribution in [0.4, 0.5) is 22.8 Å². The number of nitrogens with two attached hydrogens (primary N) is 1. The smallest absolute Gasteiger partial charge is 0.407 e. The fourth-order valence-electron chi connectivity index (χ4n) is 14.7. The molecule has 3 fully saturated rings. The average molecular weight is 1760 g/mol. The van der Waals surface area contributed by atoms with E-state index in [0.29, 0.717) is 105 Å². The van der Waals surface area contributed by atoms with Crippen LogP contribution in [0.25, 0.3) is 17.1 Å². The summed E-state index contributed by atoms with van der Waals surface area (Å²) in [5.41, 5.74) is 19.3. The number of rotatable bonds is 32. The summed E-state index contributed by atoms with van der Waals surface area (Å²) in [7, 11) is 0. The number of amides is 2. The minimum absolute atomic E-state index is 0. The molecule has 3 saturated carbocycles. The standard InChI is InChI=1S/C36H38FN5O3.C36H37FN4O4.C31H29FN4O2.ClH/c1-23-15-32(42(41-23)30-10-6-8-26(17-30)22-40-35(44)45-36(2,3)4)33(43)19-29-18-28(13-14-31(29)37)34(39-21-24-11-12-24)27-9-5-7-25(16-27)20-38;1-23-15-32(41(40-23)30-10-6-8-26(17-30)21-39-35(43)45-36(2,3)4)33(42)19-29-18-28(13-14-31(29)37)34(44-22-24-11-12-24)27-9-5-7-25(16-27)20-38;1-20-12-29(36(35-20)27-7-3-5-23(14-27)18-34)30(37)16-26-15-25(10-11-28(26)32)31(38-19-21-8-9-21)24-6-2-4-22(13-24)17-33;/h5-10,13-18,24,34,39H,11-12,19,21-22H2,1-4H3,(H,40,44);5-10,13-18,24,34H,11-12,19,21-22H2,1-4H3,(H,39,43);2-7,10-15,21,31H,8-9,16,18-19,34H2,1H3;1H. The Bertz CT molecular complexity index is 5940. The first-order chi connectivity index (χ1) is 61.4. The maximum atomic E-state index is 15.2. The molecule has 22 nitrogen and oxygen atoms in total. The molecule has 3 aliphatic carbocycles. The summed E-state index contributed by atoms with van der Waals surface area (Å²) in [6.07, 6.45) is 4.37. The molecule has 0 radical (unpaired) electrons. The van der Waals surface area contributed by atoms with Crippen molar-refractivity contribution in [3.8, 4) is 35.3 Å². The van der Waals surface area contributed by atoms with Crippen LogP contribution < -0.4 is 21.7 Å². The van der Waals surface area contributed by atoms with Gasteiger partial charge in [0, 0.05) is 38.9 Å². The van der Waals surface area contributed by atoms with Crippen LogP contribution >= 0.6 is 12.4 Å². The van der Waals surface area contributed by atoms with Crippen LogP contribution in [0.1, 0.15) is 230 Å². The van der Waals surface area contributed by atoms with E-state index in [9.17, 15) is 39.8 Å². The number of nitrogens with one attached hydrogen (secondary N) is 3. The van der Waals surface area contributed by atoms with Crippen LogP contribution in [0, 0.1) is 90.0 Å². The molecule has 3 aromatic heterocycles. The minimum atomic E-state index is -0.611. The third-order valence-corrected chi connectivity index (χ3v) is 21.6. The summed E-state index contributed by atoms with van der Waals surface area (Å²) >= 11 is 0. The highest BCUT2D eigenvalue weighted by Gasteiger charge is 2.31. The molecule has 3 atom stereocenters. The summed E-state index contributed by atoms with van der Waals surface area (Å²) in [4.78, 5) is 65.1. The van der Waals surface area contributed by atoms with Gasteiger partial charge in [-0.15, -0.1) is 12.4 Å². The van der Waals surface area contributed by atoms with Crippen molar-refractivity contribution >= 4 is 41.9 Å². The van der Waals surface area contributed by atoms with Crippen molar-refractivity contribution < 1.29 is 56.1 Å². The Morgan fingerprint density at radius 3 is 1.10 bits per heavy atom. The number of hydrogen-bond donors (Lipinski definition) is 4. The number of Topliss-reactive ketones (excluding diaryl/α,β-unsaturated/α-hetero) is 3. The molecule has 15 rings (SSSR count). The van der Waals surface area contributed by atoms with Gasteiger partial charge >= 0.3 is 12.2 Å². The van der Waals surface area contributed by atoms with Gasteiger partial charge in [-0.1, -0.05) is 97.1 Å². The van der Waals surface area contributed by atoms with Gasteiger partial charge in [0.15, 0.2) is 17.3 Å². The zero-order chi connectivity index (χ0) is 90.9. The van der Waals surface area contributed by atoms with Gasteiger partial charge in [0.2, 0.25) is 0 Å². The van der Waals surface area contributed by atoms with Crippen LogP contribution in [-0.4, -0.2) is 89.8 Å². The fraction of sp³-hybridized carbons (Fsp3) is 0.311. The number of ketones is 3. The van der Waals surface area contributed by atoms with Crippen LogP contribution in [0.2, 0.25) is 0 Å². The van der Waals surface area contributed by atoms with E-state index in [1.807, 2.05) is 116 Å². The van der Waals surface area contributed by atoms with Gasteiger partial charge in [-0.25, -0.2) is 36.8 Å². The van der Waals surface area contributed by atoms with Gasteiger partial charge in [0.05, 0.1) is 88.3 Å². The van der Waals surface area contributed by atoms with Gasteiger partial charge in [-0.2, -0.15) is 31.1 Å². The molecule has 0 spiro atoms. The highest BCUT2D eigenvalue weighted by Crippen LogP contribution is 2.38. The molecule has 0 aliphatic heterocycles. The predicted octanol–water partition coefficient (Wildman–Crippen LogP) is 19.9. The Hall–Kier alpha value is -13.5. The Balaban J connectivity index is 0.000000175. The first kappa shape index (κ1) is 94.7. The lowest BCUT2D eigenvalue weighted by Crippen LogP contribution is -2.32. The number of hydrogen-bond acceptors (Lipinski definition) is 17. The number of aryl methyl sites for hydroxylation is 3. The van der Waals surface area contributed by atoms with Crippen molar-refractivity contribution in [3.05, 3.63) is 353 Å². The number of carbonyl (C=O) groups is 5. The number of ether oxygens (including phenoxy) is 4. The Labute approximate surface area is 756 Å². The van der Waals surface area contributed by atoms with Gasteiger partial charge in [0.25, 0.3) is 0 Å². The molecule has 0 saturated heterocycles. The Morgan fingerprint density at radius 2 is 0.744 bits per heavy atom. The van der Waals surface area contributed by atoms with Gasteiger partial charge in [-0.3, -0.25) is 14.4 Å². The highest BCUT2D eigenvalue weighted by molar-refractivity contribution is 5.98. The molecule has 3 heterocycles. The van der Waals surface area contributed by atoms with E-state index in [-0.39, 0.29) is 84.8 Å². The van der Waals surface area contributed by atoms with E-state index in [4.69, 9.17) is 24.7 Å². The second-order valence-corrected chi connectivity index (χ2v) is 34.8. The summed E-state index contributed by atoms with van der Waals surface area (Å²) in [6, 6.07) is 69.8. The van der Waals surface area contributed by atoms with E-state index < -0.39 is 53.0 Å². The molecule has 0 bridgehead atoms. The average Bonchev–Trinajstić information content (AvgIpc) is 1.09. The quantitative estimate of drug-likeness (QED) is 0.0285. The molecular weight excluding hydrogens is 1660 g/mol. The van der Waals surface area contributed by atoms with E-state index in [1.54, 1.807) is 160 Å². The second kappa shape index (κ2) is 42.9. The lowest BCUT2D eigenvalue weighted by atomic mass is 9.94. The van der Waals surface area contributed by atoms with Crippen LogP contribution in [0.3, 0.4) is 0 Å². The monoisotopic (exact) mass is 1760 g/mol. The number of nitriles is 3. The van der Waals surface area contributed by atoms with Gasteiger partial charge in [-0.05, 0) is 313 Å². The fourth-order valence-corrected chi connectivity index (χ4v) is 14.7. The predicted molar refractivity (Wildman–Crippen MR) is 487 cm³/mol. The SMILES string of the molecule is Cc1cc(C(=O)Cc2cc(C(NCC3CC3)c3cccc(C#N)c3)ccc2F)n(-c2cccc(CNC(=O)OC(C)(C)C)c2)n1.Cc1cc(C(=O)Cc2cc(C(OCC3CC3)c3cccc(C#N)c3)ccc2F)n(-c2cccc(CN)c2)n1.Cc1cc(C(=O)Cc2cc(C(OCC3CC3)c3cccc(C#N)c3)ccc2F)n(-c2cccc(CNC(=O)OC(C)(C)C)c2)n1.Cl. The van der Waals surface area contributed by atoms with Crippen molar-refractivity contribution in [2.24, 2.45) is 23.5 Å². The number of halogens is 4. The topological polar surface area (TPSA) is 309 Å². The molecule has 12 aromatic rings. The maximum Gasteiger partial charge on any atom is 0.407 e. The number of benzene rings is 9. The maximum absolute atomic E-state index is 15.2. The molecule has 2 amide bonds. The Morgan fingerprint density at radius 1 is 0.426 bits per heavy atom. The lowest BCUT2D eigenvalue weighted by molar-refractivity contribution is 0.0512. The molecule has 3 unspecified atom stereocenters. The van der Waals surface area contributed by atoms with Gasteiger partial charge in [0.1, 0.15) is 57.9 Å². The number of aromatic nitrogens is 6. The van der Waals surface area contributed by atoms with Crippen LogP contribution in [-0.2, 0) is 57.8 Å². The third-order valence-electron chi connectivity index (χ3n) is 21.6. The Kier molecular flexibility index (Phi) is 31.5. The first-order valence-electron chi connectivity index (χ1n) is 43.0. The largest absolute Gasteiger partial charge is 0.444 e. The van der Waals surface area contributed by atoms with Crippen LogP contribution in [0.15, 0.2) is 218 Å². The van der Waals surface area contributed by atoms with Crippen LogP contribution in [0.5, 0.6) is 0 Å². The molecule has 9 aromatic carbocycles. The summed E-state index contributed by atoms with van der Waals surface area (Å²) < 4.78 is 73.3. The van der Waals surface area contributed by atoms with Crippen molar-refractivity contribution in [1.29, 1.82) is 15.8 Å². The number of carbonyl (C=O) groups excluding carboxylic acids is 5. The minimum Gasteiger partial charge on any atom is -0.444 e. The number of alkyl carbamates (subject to hydrolysis) is 2. The van der Waals surface area contributed by atoms with E-state index in [2.05, 4.69) is 49.5 Å². The summed E-state index contributed by atoms with van der Waals surface area (Å²) in [5.74, 6) is -0.591. The number of nitrogens with zero attached hydrogens (tertiary/aromatic N) is 9. The molecule has 26 heteroatoms. The highest BCUT2D eigenvalue weighted by atomic mass is 35.5.